The molecule has 1 rings (SSSR count). The molecule has 276 valence electrons. The van der Waals surface area contributed by atoms with Crippen molar-refractivity contribution in [2.75, 3.05) is 20.8 Å². The Morgan fingerprint density at radius 3 is 1.94 bits per heavy atom. The van der Waals surface area contributed by atoms with Gasteiger partial charge in [0.25, 0.3) is 5.60 Å². The molecule has 1 N–H and O–H groups in total. The molecule has 0 aliphatic heterocycles. The van der Waals surface area contributed by atoms with Crippen LogP contribution >= 0.6 is 0 Å². The normalized spacial score (nSPS) is 14.7. The van der Waals surface area contributed by atoms with E-state index in [4.69, 9.17) is 18.9 Å². The number of amides is 1. The summed E-state index contributed by atoms with van der Waals surface area (Å²) >= 11 is 0. The molecule has 0 saturated heterocycles. The summed E-state index contributed by atoms with van der Waals surface area (Å²) in [5.41, 5.74) is -6.57. The Bertz CT molecular complexity index is 1220. The van der Waals surface area contributed by atoms with Gasteiger partial charge in [-0.05, 0) is 38.5 Å². The fraction of sp³-hybridized carbons (Fsp3) is 0.639. The number of rotatable bonds is 24. The van der Waals surface area contributed by atoms with E-state index in [-0.39, 0.29) is 12.8 Å². The van der Waals surface area contributed by atoms with Crippen LogP contribution in [0.25, 0.3) is 0 Å². The first-order valence-corrected chi connectivity index (χ1v) is 16.8. The standard InChI is InChI=1S/C36H52F3NO9/c1-6-7-8-18-23-30(43)24-19-13-11-9-10-12-14-20-25-31(34(32(44)46-4,40-27(2)41)26-48-28(3)42)49-33(45)35(47-5,36(37,38)39)29-21-16-15-17-22-29/h12,14-17,21-22,31H,6-11,13,18-20,23-26H2,1-5H3,(H,40,41)/b14-12+/t31-,34+,35+/m1/s1. The van der Waals surface area contributed by atoms with Gasteiger partial charge in [0.15, 0.2) is 0 Å². The minimum atomic E-state index is -5.32. The van der Waals surface area contributed by atoms with Crippen molar-refractivity contribution in [3.05, 3.63) is 48.0 Å². The van der Waals surface area contributed by atoms with E-state index in [1.54, 1.807) is 6.08 Å². The number of Topliss-reactive ketones (excluding diaryl/α,β-unsaturated/α-hetero) is 1. The highest BCUT2D eigenvalue weighted by Gasteiger charge is 2.65. The fourth-order valence-electron chi connectivity index (χ4n) is 5.46. The Morgan fingerprint density at radius 1 is 0.816 bits per heavy atom. The van der Waals surface area contributed by atoms with Gasteiger partial charge >= 0.3 is 24.1 Å². The molecule has 13 heteroatoms. The zero-order valence-electron chi connectivity index (χ0n) is 29.3. The highest BCUT2D eigenvalue weighted by molar-refractivity contribution is 5.90. The summed E-state index contributed by atoms with van der Waals surface area (Å²) in [6, 6.07) is 6.12. The number of hydrogen-bond acceptors (Lipinski definition) is 9. The van der Waals surface area contributed by atoms with Crippen LogP contribution in [0.15, 0.2) is 42.5 Å². The second-order valence-corrected chi connectivity index (χ2v) is 11.9. The van der Waals surface area contributed by atoms with Crippen LogP contribution in [0.3, 0.4) is 0 Å². The molecule has 3 atom stereocenters. The fourth-order valence-corrected chi connectivity index (χ4v) is 5.46. The molecule has 49 heavy (non-hydrogen) atoms. The molecular formula is C36H52F3NO9. The predicted octanol–water partition coefficient (Wildman–Crippen LogP) is 6.83. The Kier molecular flexibility index (Phi) is 19.5. The zero-order chi connectivity index (χ0) is 36.9. The van der Waals surface area contributed by atoms with Crippen molar-refractivity contribution in [3.63, 3.8) is 0 Å². The van der Waals surface area contributed by atoms with Crippen LogP contribution in [0.4, 0.5) is 13.2 Å². The monoisotopic (exact) mass is 699 g/mol. The van der Waals surface area contributed by atoms with Crippen molar-refractivity contribution in [2.45, 2.75) is 128 Å². The molecule has 0 bridgehead atoms. The maximum atomic E-state index is 14.7. The third-order valence-electron chi connectivity index (χ3n) is 8.07. The molecular weight excluding hydrogens is 647 g/mol. The van der Waals surface area contributed by atoms with Crippen LogP contribution in [0, 0.1) is 0 Å². The molecule has 0 fully saturated rings. The van der Waals surface area contributed by atoms with Gasteiger partial charge in [0.1, 0.15) is 18.5 Å². The topological polar surface area (TPSA) is 134 Å². The zero-order valence-corrected chi connectivity index (χ0v) is 29.3. The van der Waals surface area contributed by atoms with Gasteiger partial charge in [-0.1, -0.05) is 81.5 Å². The first-order chi connectivity index (χ1) is 23.2. The average molecular weight is 700 g/mol. The SMILES string of the molecule is CCCCCCC(=O)CCCCCC/C=C/CC[C@@H](OC(=O)[C@@](OC)(c1ccccc1)C(F)(F)F)[C@](COC(C)=O)(NC(C)=O)C(=O)OC. The van der Waals surface area contributed by atoms with E-state index in [2.05, 4.69) is 12.2 Å². The van der Waals surface area contributed by atoms with Gasteiger partial charge in [-0.25, -0.2) is 9.59 Å². The minimum Gasteiger partial charge on any atom is -0.467 e. The lowest BCUT2D eigenvalue weighted by atomic mass is 9.88. The molecule has 0 saturated carbocycles. The van der Waals surface area contributed by atoms with Crippen LogP contribution < -0.4 is 5.32 Å². The number of hydrogen-bond donors (Lipinski definition) is 1. The number of unbranched alkanes of at least 4 members (excludes halogenated alkanes) is 7. The molecule has 1 aromatic carbocycles. The Labute approximate surface area is 287 Å². The third kappa shape index (κ3) is 13.6. The van der Waals surface area contributed by atoms with Gasteiger partial charge in [0, 0.05) is 39.4 Å². The first-order valence-electron chi connectivity index (χ1n) is 16.8. The number of carbonyl (C=O) groups excluding carboxylic acids is 5. The minimum absolute atomic E-state index is 0.0974. The van der Waals surface area contributed by atoms with E-state index < -0.39 is 59.4 Å². The van der Waals surface area contributed by atoms with E-state index in [0.717, 1.165) is 84.5 Å². The van der Waals surface area contributed by atoms with Crippen molar-refractivity contribution in [1.29, 1.82) is 0 Å². The molecule has 10 nitrogen and oxygen atoms in total. The van der Waals surface area contributed by atoms with E-state index in [1.165, 1.54) is 18.2 Å². The molecule has 0 aliphatic carbocycles. The predicted molar refractivity (Wildman–Crippen MR) is 176 cm³/mol. The summed E-state index contributed by atoms with van der Waals surface area (Å²) in [6.07, 6.45) is 5.91. The van der Waals surface area contributed by atoms with E-state index >= 15 is 0 Å². The average Bonchev–Trinajstić information content (AvgIpc) is 3.05. The Hall–Kier alpha value is -3.74. The van der Waals surface area contributed by atoms with E-state index in [9.17, 15) is 37.1 Å². The maximum Gasteiger partial charge on any atom is 0.432 e. The molecule has 0 spiro atoms. The summed E-state index contributed by atoms with van der Waals surface area (Å²) < 4.78 is 64.3. The van der Waals surface area contributed by atoms with E-state index in [0.29, 0.717) is 32.2 Å². The Morgan fingerprint density at radius 2 is 1.41 bits per heavy atom. The number of ether oxygens (including phenoxy) is 4. The molecule has 0 heterocycles. The van der Waals surface area contributed by atoms with Crippen LogP contribution in [0.5, 0.6) is 0 Å². The van der Waals surface area contributed by atoms with Gasteiger partial charge in [-0.2, -0.15) is 13.2 Å². The van der Waals surface area contributed by atoms with Gasteiger partial charge in [0.2, 0.25) is 11.4 Å². The second kappa shape index (κ2) is 22.1. The van der Waals surface area contributed by atoms with Crippen LogP contribution in [0.2, 0.25) is 0 Å². The van der Waals surface area contributed by atoms with Crippen molar-refractivity contribution in [1.82, 2.24) is 5.32 Å². The van der Waals surface area contributed by atoms with Gasteiger partial charge in [-0.3, -0.25) is 14.4 Å². The third-order valence-corrected chi connectivity index (χ3v) is 8.07. The summed E-state index contributed by atoms with van der Waals surface area (Å²) in [5, 5.41) is 2.32. The number of benzene rings is 1. The molecule has 0 aromatic heterocycles. The van der Waals surface area contributed by atoms with Crippen molar-refractivity contribution in [3.8, 4) is 0 Å². The van der Waals surface area contributed by atoms with Gasteiger partial charge in [-0.15, -0.1) is 0 Å². The summed E-state index contributed by atoms with van der Waals surface area (Å²) in [6.45, 7) is 3.30. The number of halogens is 3. The molecule has 0 radical (unpaired) electrons. The highest BCUT2D eigenvalue weighted by atomic mass is 19.4. The smallest absolute Gasteiger partial charge is 0.432 e. The second-order valence-electron chi connectivity index (χ2n) is 11.9. The largest absolute Gasteiger partial charge is 0.467 e. The molecule has 1 amide bonds. The summed E-state index contributed by atoms with van der Waals surface area (Å²) in [5.74, 6) is -4.51. The number of methoxy groups -OCH3 is 2. The summed E-state index contributed by atoms with van der Waals surface area (Å²) in [7, 11) is 1.67. The quantitative estimate of drug-likeness (QED) is 0.0533. The van der Waals surface area contributed by atoms with Crippen molar-refractivity contribution in [2.24, 2.45) is 0 Å². The van der Waals surface area contributed by atoms with Gasteiger partial charge in [0.05, 0.1) is 7.11 Å². The molecule has 0 unspecified atom stereocenters. The van der Waals surface area contributed by atoms with Crippen molar-refractivity contribution >= 4 is 29.6 Å². The van der Waals surface area contributed by atoms with Crippen LogP contribution in [0.1, 0.15) is 110 Å². The van der Waals surface area contributed by atoms with E-state index in [1.807, 2.05) is 6.08 Å². The molecule has 1 aromatic rings. The number of ketones is 1. The number of carbonyl (C=O) groups is 5. The highest BCUT2D eigenvalue weighted by Crippen LogP contribution is 2.44. The lowest BCUT2D eigenvalue weighted by molar-refractivity contribution is -0.279. The van der Waals surface area contributed by atoms with Gasteiger partial charge < -0.3 is 24.3 Å². The maximum absolute atomic E-state index is 14.7. The van der Waals surface area contributed by atoms with Crippen LogP contribution in [-0.2, 0) is 48.5 Å². The Balaban J connectivity index is 3.17. The van der Waals surface area contributed by atoms with Crippen molar-refractivity contribution < 1.29 is 56.1 Å². The lowest BCUT2D eigenvalue weighted by Gasteiger charge is -2.40. The molecule has 0 aliphatic rings. The number of esters is 3. The lowest BCUT2D eigenvalue weighted by Crippen LogP contribution is -2.67. The first kappa shape index (κ1) is 43.3. The number of alkyl halides is 3. The number of nitrogens with one attached hydrogen (secondary N) is 1. The summed E-state index contributed by atoms with van der Waals surface area (Å²) in [4.78, 5) is 63.0. The number of allylic oxidation sites excluding steroid dienone is 2. The van der Waals surface area contributed by atoms with Crippen LogP contribution in [-0.4, -0.2) is 68.2 Å².